The predicted octanol–water partition coefficient (Wildman–Crippen LogP) is 2.65. The van der Waals surface area contributed by atoms with Crippen molar-refractivity contribution in [3.05, 3.63) is 29.8 Å². The lowest BCUT2D eigenvalue weighted by molar-refractivity contribution is -0.143. The summed E-state index contributed by atoms with van der Waals surface area (Å²) in [5.41, 5.74) is 0.820. The molecule has 1 aromatic rings. The zero-order chi connectivity index (χ0) is 14.5. The van der Waals surface area contributed by atoms with Crippen LogP contribution in [0.3, 0.4) is 0 Å². The fourth-order valence-corrected chi connectivity index (χ4v) is 3.28. The molecule has 1 N–H and O–H groups in total. The van der Waals surface area contributed by atoms with E-state index in [4.69, 9.17) is 4.74 Å². The van der Waals surface area contributed by atoms with E-state index in [9.17, 15) is 9.90 Å². The van der Waals surface area contributed by atoms with E-state index in [0.29, 0.717) is 0 Å². The third kappa shape index (κ3) is 3.90. The van der Waals surface area contributed by atoms with Crippen LogP contribution in [0.4, 0.5) is 0 Å². The highest BCUT2D eigenvalue weighted by molar-refractivity contribution is 7.99. The van der Waals surface area contributed by atoms with E-state index in [1.165, 1.54) is 0 Å². The van der Waals surface area contributed by atoms with Crippen molar-refractivity contribution < 1.29 is 14.6 Å². The highest BCUT2D eigenvalue weighted by Crippen LogP contribution is 2.26. The van der Waals surface area contributed by atoms with Crippen LogP contribution in [0, 0.1) is 0 Å². The van der Waals surface area contributed by atoms with Gasteiger partial charge in [-0.2, -0.15) is 11.8 Å². The van der Waals surface area contributed by atoms with Crippen LogP contribution in [0.25, 0.3) is 0 Å². The molecule has 5 heteroatoms. The predicted molar refractivity (Wildman–Crippen MR) is 81.5 cm³/mol. The lowest BCUT2D eigenvalue weighted by atomic mass is 10.1. The molecule has 0 spiro atoms. The number of thioether (sulfide) groups is 1. The van der Waals surface area contributed by atoms with Crippen molar-refractivity contribution in [3.63, 3.8) is 0 Å². The van der Waals surface area contributed by atoms with E-state index in [1.807, 2.05) is 54.8 Å². The van der Waals surface area contributed by atoms with Crippen LogP contribution in [0.1, 0.15) is 25.5 Å². The summed E-state index contributed by atoms with van der Waals surface area (Å²) in [7, 11) is 0. The summed E-state index contributed by atoms with van der Waals surface area (Å²) in [5.74, 6) is 1.99. The molecule has 0 unspecified atom stereocenters. The second-order valence-corrected chi connectivity index (χ2v) is 6.35. The normalized spacial score (nSPS) is 17.9. The maximum absolute atomic E-state index is 11.6. The highest BCUT2D eigenvalue weighted by atomic mass is 32.2. The highest BCUT2D eigenvalue weighted by Gasteiger charge is 2.28. The monoisotopic (exact) mass is 295 g/mol. The van der Waals surface area contributed by atoms with Crippen molar-refractivity contribution >= 4 is 17.7 Å². The first kappa shape index (κ1) is 15.2. The molecule has 1 aliphatic rings. The van der Waals surface area contributed by atoms with Gasteiger partial charge in [-0.05, 0) is 31.5 Å². The zero-order valence-corrected chi connectivity index (χ0v) is 12.7. The summed E-state index contributed by atoms with van der Waals surface area (Å²) in [6, 6.07) is 6.87. The zero-order valence-electron chi connectivity index (χ0n) is 11.9. The molecule has 110 valence electrons. The second-order valence-electron chi connectivity index (χ2n) is 5.12. The third-order valence-electron chi connectivity index (χ3n) is 3.21. The van der Waals surface area contributed by atoms with Gasteiger partial charge in [0.15, 0.2) is 0 Å². The quantitative estimate of drug-likeness (QED) is 0.905. The van der Waals surface area contributed by atoms with Gasteiger partial charge in [-0.15, -0.1) is 0 Å². The van der Waals surface area contributed by atoms with Crippen LogP contribution < -0.4 is 4.74 Å². The lowest BCUT2D eigenvalue weighted by Gasteiger charge is -2.32. The summed E-state index contributed by atoms with van der Waals surface area (Å²) in [4.78, 5) is 13.6. The van der Waals surface area contributed by atoms with Gasteiger partial charge < -0.3 is 9.84 Å². The Hall–Kier alpha value is -1.20. The molecule has 0 radical (unpaired) electrons. The van der Waals surface area contributed by atoms with Gasteiger partial charge in [0.2, 0.25) is 0 Å². The van der Waals surface area contributed by atoms with Crippen LogP contribution in [-0.2, 0) is 4.79 Å². The molecule has 0 saturated carbocycles. The van der Waals surface area contributed by atoms with Gasteiger partial charge in [0.1, 0.15) is 11.8 Å². The fraction of sp³-hybridized carbons (Fsp3) is 0.533. The Morgan fingerprint density at radius 3 is 2.35 bits per heavy atom. The number of nitrogens with zero attached hydrogens (tertiary/aromatic N) is 1. The average molecular weight is 295 g/mol. The number of benzene rings is 1. The van der Waals surface area contributed by atoms with Gasteiger partial charge in [0.25, 0.3) is 0 Å². The maximum atomic E-state index is 11.6. The van der Waals surface area contributed by atoms with Crippen molar-refractivity contribution in [3.8, 4) is 5.75 Å². The molecule has 1 aliphatic heterocycles. The van der Waals surface area contributed by atoms with Crippen molar-refractivity contribution in [2.24, 2.45) is 0 Å². The summed E-state index contributed by atoms with van der Waals surface area (Å²) in [5, 5.41) is 9.51. The third-order valence-corrected chi connectivity index (χ3v) is 4.15. The van der Waals surface area contributed by atoms with E-state index in [2.05, 4.69) is 0 Å². The number of hydrogen-bond acceptors (Lipinski definition) is 4. The molecule has 0 aliphatic carbocycles. The summed E-state index contributed by atoms with van der Waals surface area (Å²) >= 11 is 1.88. The van der Waals surface area contributed by atoms with E-state index < -0.39 is 12.0 Å². The van der Waals surface area contributed by atoms with Crippen molar-refractivity contribution in [2.75, 3.05) is 24.6 Å². The minimum absolute atomic E-state index is 0.121. The largest absolute Gasteiger partial charge is 0.491 e. The van der Waals surface area contributed by atoms with Crippen molar-refractivity contribution in [2.45, 2.75) is 26.0 Å². The first-order chi connectivity index (χ1) is 9.58. The number of aliphatic carboxylic acids is 1. The van der Waals surface area contributed by atoms with Gasteiger partial charge >= 0.3 is 5.97 Å². The molecule has 20 heavy (non-hydrogen) atoms. The second kappa shape index (κ2) is 6.99. The Kier molecular flexibility index (Phi) is 5.31. The first-order valence-corrected chi connectivity index (χ1v) is 8.04. The Bertz CT molecular complexity index is 441. The fourth-order valence-electron chi connectivity index (χ4n) is 2.35. The molecular formula is C15H21NO3S. The molecule has 1 heterocycles. The summed E-state index contributed by atoms with van der Waals surface area (Å²) < 4.78 is 5.59. The molecule has 0 amide bonds. The number of carboxylic acids is 1. The molecule has 0 bridgehead atoms. The SMILES string of the molecule is CC(C)Oc1ccc([C@H](C(=O)O)N2CCSCC2)cc1. The Balaban J connectivity index is 2.14. The van der Waals surface area contributed by atoms with E-state index >= 15 is 0 Å². The molecule has 2 rings (SSSR count). The Morgan fingerprint density at radius 1 is 1.25 bits per heavy atom. The molecule has 1 fully saturated rings. The van der Waals surface area contributed by atoms with Gasteiger partial charge in [-0.25, -0.2) is 0 Å². The van der Waals surface area contributed by atoms with Gasteiger partial charge in [0, 0.05) is 24.6 Å². The number of carbonyl (C=O) groups is 1. The van der Waals surface area contributed by atoms with Crippen LogP contribution >= 0.6 is 11.8 Å². The maximum Gasteiger partial charge on any atom is 0.325 e. The van der Waals surface area contributed by atoms with E-state index in [-0.39, 0.29) is 6.10 Å². The summed E-state index contributed by atoms with van der Waals surface area (Å²) in [6.45, 7) is 5.59. The Morgan fingerprint density at radius 2 is 1.85 bits per heavy atom. The van der Waals surface area contributed by atoms with Gasteiger partial charge in [0.05, 0.1) is 6.10 Å². The number of ether oxygens (including phenoxy) is 1. The first-order valence-electron chi connectivity index (χ1n) is 6.89. The van der Waals surface area contributed by atoms with Gasteiger partial charge in [-0.3, -0.25) is 9.69 Å². The molecular weight excluding hydrogens is 274 g/mol. The number of hydrogen-bond donors (Lipinski definition) is 1. The van der Waals surface area contributed by atoms with Crippen molar-refractivity contribution in [1.29, 1.82) is 0 Å². The minimum Gasteiger partial charge on any atom is -0.491 e. The van der Waals surface area contributed by atoms with Crippen molar-refractivity contribution in [1.82, 2.24) is 4.90 Å². The molecule has 1 saturated heterocycles. The number of rotatable bonds is 5. The molecule has 1 aromatic carbocycles. The number of carboxylic acid groups (broad SMARTS) is 1. The molecule has 1 atom stereocenters. The Labute approximate surface area is 124 Å². The van der Waals surface area contributed by atoms with Crippen LogP contribution in [0.5, 0.6) is 5.75 Å². The summed E-state index contributed by atoms with van der Waals surface area (Å²) in [6.07, 6.45) is 0.121. The van der Waals surface area contributed by atoms with Crippen LogP contribution in [0.15, 0.2) is 24.3 Å². The average Bonchev–Trinajstić information content (AvgIpc) is 2.41. The molecule has 0 aromatic heterocycles. The van der Waals surface area contributed by atoms with Crippen LogP contribution in [0.2, 0.25) is 0 Å². The van der Waals surface area contributed by atoms with Gasteiger partial charge in [-0.1, -0.05) is 12.1 Å². The van der Waals surface area contributed by atoms with E-state index in [0.717, 1.165) is 35.9 Å². The lowest BCUT2D eigenvalue weighted by Crippen LogP contribution is -2.39. The molecule has 4 nitrogen and oxygen atoms in total. The minimum atomic E-state index is -0.783. The topological polar surface area (TPSA) is 49.8 Å². The van der Waals surface area contributed by atoms with E-state index in [1.54, 1.807) is 0 Å². The standard InChI is InChI=1S/C15H21NO3S/c1-11(2)19-13-5-3-12(4-6-13)14(15(17)18)16-7-9-20-10-8-16/h3-6,11,14H,7-10H2,1-2H3,(H,17,18)/t14-/m1/s1. The van der Waals surface area contributed by atoms with Crippen LogP contribution in [-0.4, -0.2) is 46.7 Å². The smallest absolute Gasteiger partial charge is 0.325 e.